The van der Waals surface area contributed by atoms with Crippen molar-refractivity contribution in [3.63, 3.8) is 0 Å². The Labute approximate surface area is 122 Å². The monoisotopic (exact) mass is 290 g/mol. The van der Waals surface area contributed by atoms with Crippen LogP contribution < -0.4 is 14.9 Å². The molecule has 0 unspecified atom stereocenters. The normalized spacial score (nSPS) is 10.3. The van der Waals surface area contributed by atoms with Crippen LogP contribution in [0.4, 0.5) is 4.39 Å². The lowest BCUT2D eigenvalue weighted by molar-refractivity contribution is 0.320. The molecule has 0 aromatic heterocycles. The van der Waals surface area contributed by atoms with Gasteiger partial charge in [-0.05, 0) is 35.3 Å². The molecule has 0 spiro atoms. The van der Waals surface area contributed by atoms with Gasteiger partial charge in [0.25, 0.3) is 0 Å². The summed E-state index contributed by atoms with van der Waals surface area (Å²) in [6.07, 6.45) is 0.650. The highest BCUT2D eigenvalue weighted by Gasteiger charge is 2.13. The van der Waals surface area contributed by atoms with Crippen molar-refractivity contribution in [2.24, 2.45) is 0 Å². The van der Waals surface area contributed by atoms with Crippen molar-refractivity contribution in [3.8, 4) is 11.5 Å². The van der Waals surface area contributed by atoms with E-state index in [1.165, 1.54) is 12.1 Å². The predicted octanol–water partition coefficient (Wildman–Crippen LogP) is 1.14. The Kier molecular flexibility index (Phi) is 5.19. The Morgan fingerprint density at radius 3 is 2.38 bits per heavy atom. The molecule has 0 aliphatic carbocycles. The molecule has 0 saturated carbocycles. The molecule has 0 saturated heterocycles. The maximum Gasteiger partial charge on any atom is 0.488 e. The van der Waals surface area contributed by atoms with Crippen molar-refractivity contribution in [2.75, 3.05) is 13.7 Å². The zero-order chi connectivity index (χ0) is 15.2. The first-order valence-electron chi connectivity index (χ1n) is 6.51. The van der Waals surface area contributed by atoms with Crippen LogP contribution in [-0.2, 0) is 6.42 Å². The lowest BCUT2D eigenvalue weighted by Crippen LogP contribution is -2.30. The Hall–Kier alpha value is -2.05. The molecule has 0 aliphatic heterocycles. The molecule has 0 fully saturated rings. The summed E-state index contributed by atoms with van der Waals surface area (Å²) in [7, 11) is -0.112. The standard InChI is InChI=1S/C15H16BFO4/c1-20-14-4-2-11(3-5-14)6-7-21-15-9-12(16(18)19)8-13(17)10-15/h2-5,8-10,18-19H,6-7H2,1H3. The van der Waals surface area contributed by atoms with E-state index in [0.29, 0.717) is 13.0 Å². The fraction of sp³-hybridized carbons (Fsp3) is 0.200. The number of rotatable bonds is 6. The summed E-state index contributed by atoms with van der Waals surface area (Å²) in [5, 5.41) is 18.1. The van der Waals surface area contributed by atoms with Gasteiger partial charge in [-0.15, -0.1) is 0 Å². The first-order chi connectivity index (χ1) is 10.1. The predicted molar refractivity (Wildman–Crippen MR) is 78.4 cm³/mol. The summed E-state index contributed by atoms with van der Waals surface area (Å²) in [4.78, 5) is 0. The maximum absolute atomic E-state index is 13.3. The largest absolute Gasteiger partial charge is 0.497 e. The van der Waals surface area contributed by atoms with Gasteiger partial charge in [0.1, 0.15) is 17.3 Å². The van der Waals surface area contributed by atoms with Crippen molar-refractivity contribution in [1.82, 2.24) is 0 Å². The summed E-state index contributed by atoms with van der Waals surface area (Å²) >= 11 is 0. The molecule has 2 rings (SSSR count). The lowest BCUT2D eigenvalue weighted by Gasteiger charge is -2.09. The maximum atomic E-state index is 13.3. The smallest absolute Gasteiger partial charge is 0.488 e. The Bertz CT molecular complexity index is 587. The number of halogens is 1. The average Bonchev–Trinajstić information content (AvgIpc) is 2.47. The second-order valence-electron chi connectivity index (χ2n) is 4.54. The molecule has 0 aliphatic rings. The third-order valence-corrected chi connectivity index (χ3v) is 3.01. The second kappa shape index (κ2) is 7.10. The van der Waals surface area contributed by atoms with Crippen LogP contribution in [0.5, 0.6) is 11.5 Å². The molecule has 6 heteroatoms. The van der Waals surface area contributed by atoms with Crippen LogP contribution in [0.1, 0.15) is 5.56 Å². The Balaban J connectivity index is 1.93. The van der Waals surface area contributed by atoms with Gasteiger partial charge in [0, 0.05) is 12.5 Å². The van der Waals surface area contributed by atoms with Crippen LogP contribution in [0, 0.1) is 5.82 Å². The van der Waals surface area contributed by atoms with E-state index < -0.39 is 12.9 Å². The van der Waals surface area contributed by atoms with Crippen LogP contribution in [-0.4, -0.2) is 30.9 Å². The zero-order valence-corrected chi connectivity index (χ0v) is 11.6. The number of methoxy groups -OCH3 is 1. The quantitative estimate of drug-likeness (QED) is 0.783. The van der Waals surface area contributed by atoms with Gasteiger partial charge in [-0.1, -0.05) is 12.1 Å². The summed E-state index contributed by atoms with van der Waals surface area (Å²) in [6.45, 7) is 0.358. The molecular weight excluding hydrogens is 274 g/mol. The molecule has 0 bridgehead atoms. The van der Waals surface area contributed by atoms with Gasteiger partial charge in [0.15, 0.2) is 0 Å². The van der Waals surface area contributed by atoms with E-state index in [1.54, 1.807) is 7.11 Å². The average molecular weight is 290 g/mol. The van der Waals surface area contributed by atoms with E-state index in [0.717, 1.165) is 17.4 Å². The summed E-state index contributed by atoms with van der Waals surface area (Å²) in [5.74, 6) is 0.484. The molecule has 4 nitrogen and oxygen atoms in total. The number of ether oxygens (including phenoxy) is 2. The highest BCUT2D eigenvalue weighted by Crippen LogP contribution is 2.14. The minimum Gasteiger partial charge on any atom is -0.497 e. The molecule has 0 atom stereocenters. The van der Waals surface area contributed by atoms with Crippen LogP contribution in [0.2, 0.25) is 0 Å². The highest BCUT2D eigenvalue weighted by molar-refractivity contribution is 6.58. The lowest BCUT2D eigenvalue weighted by atomic mass is 9.80. The minimum atomic E-state index is -1.72. The summed E-state index contributed by atoms with van der Waals surface area (Å²) in [5.41, 5.74) is 1.13. The first-order valence-corrected chi connectivity index (χ1v) is 6.51. The highest BCUT2D eigenvalue weighted by atomic mass is 19.1. The molecular formula is C15H16BFO4. The van der Waals surface area contributed by atoms with Gasteiger partial charge >= 0.3 is 7.12 Å². The summed E-state index contributed by atoms with van der Waals surface area (Å²) < 4.78 is 23.8. The Morgan fingerprint density at radius 1 is 1.05 bits per heavy atom. The number of hydrogen-bond donors (Lipinski definition) is 2. The van der Waals surface area contributed by atoms with E-state index in [9.17, 15) is 4.39 Å². The van der Waals surface area contributed by atoms with E-state index >= 15 is 0 Å². The molecule has 0 heterocycles. The third kappa shape index (κ3) is 4.48. The fourth-order valence-electron chi connectivity index (χ4n) is 1.90. The van der Waals surface area contributed by atoms with Gasteiger partial charge in [-0.25, -0.2) is 4.39 Å². The SMILES string of the molecule is COc1ccc(CCOc2cc(F)cc(B(O)O)c2)cc1. The van der Waals surface area contributed by atoms with Crippen LogP contribution >= 0.6 is 0 Å². The van der Waals surface area contributed by atoms with Crippen molar-refractivity contribution in [3.05, 3.63) is 53.8 Å². The molecule has 2 N–H and O–H groups in total. The molecule has 21 heavy (non-hydrogen) atoms. The minimum absolute atomic E-state index is 0.0643. The van der Waals surface area contributed by atoms with Gasteiger partial charge in [0.05, 0.1) is 13.7 Å². The van der Waals surface area contributed by atoms with Gasteiger partial charge in [-0.2, -0.15) is 0 Å². The van der Waals surface area contributed by atoms with E-state index in [-0.39, 0.29) is 11.2 Å². The third-order valence-electron chi connectivity index (χ3n) is 3.01. The van der Waals surface area contributed by atoms with Gasteiger partial charge in [-0.3, -0.25) is 0 Å². The van der Waals surface area contributed by atoms with Crippen LogP contribution in [0.25, 0.3) is 0 Å². The number of benzene rings is 2. The zero-order valence-electron chi connectivity index (χ0n) is 11.6. The van der Waals surface area contributed by atoms with Crippen molar-refractivity contribution in [2.45, 2.75) is 6.42 Å². The van der Waals surface area contributed by atoms with Crippen LogP contribution in [0.15, 0.2) is 42.5 Å². The fourth-order valence-corrected chi connectivity index (χ4v) is 1.90. The summed E-state index contributed by atoms with van der Waals surface area (Å²) in [6, 6.07) is 11.2. The second-order valence-corrected chi connectivity index (χ2v) is 4.54. The van der Waals surface area contributed by atoms with E-state index in [4.69, 9.17) is 19.5 Å². The van der Waals surface area contributed by atoms with Crippen molar-refractivity contribution in [1.29, 1.82) is 0 Å². The number of hydrogen-bond acceptors (Lipinski definition) is 4. The molecule has 110 valence electrons. The van der Waals surface area contributed by atoms with Gasteiger partial charge < -0.3 is 19.5 Å². The molecule has 2 aromatic rings. The Morgan fingerprint density at radius 2 is 1.76 bits per heavy atom. The van der Waals surface area contributed by atoms with Crippen molar-refractivity contribution >= 4 is 12.6 Å². The molecule has 0 amide bonds. The van der Waals surface area contributed by atoms with E-state index in [1.807, 2.05) is 24.3 Å². The van der Waals surface area contributed by atoms with E-state index in [2.05, 4.69) is 0 Å². The van der Waals surface area contributed by atoms with Crippen LogP contribution in [0.3, 0.4) is 0 Å². The molecule has 2 aromatic carbocycles. The first kappa shape index (κ1) is 15.3. The van der Waals surface area contributed by atoms with Crippen molar-refractivity contribution < 1.29 is 23.9 Å². The molecule has 0 radical (unpaired) electrons. The topological polar surface area (TPSA) is 58.9 Å². The van der Waals surface area contributed by atoms with Gasteiger partial charge in [0.2, 0.25) is 0 Å².